The molecule has 2 unspecified atom stereocenters. The van der Waals surface area contributed by atoms with E-state index in [0.29, 0.717) is 18.5 Å². The summed E-state index contributed by atoms with van der Waals surface area (Å²) in [5.74, 6) is -0.994. The van der Waals surface area contributed by atoms with Crippen LogP contribution in [-0.4, -0.2) is 27.4 Å². The van der Waals surface area contributed by atoms with Gasteiger partial charge in [0.15, 0.2) is 0 Å². The Kier molecular flexibility index (Phi) is 3.65. The van der Waals surface area contributed by atoms with Crippen molar-refractivity contribution < 1.29 is 14.7 Å². The maximum atomic E-state index is 11.8. The molecule has 1 aromatic heterocycles. The number of carbonyl (C=O) groups is 2. The number of rotatable bonds is 3. The van der Waals surface area contributed by atoms with Gasteiger partial charge in [-0.3, -0.25) is 9.59 Å². The maximum Gasteiger partial charge on any atom is 0.309 e. The Balaban J connectivity index is 1.98. The molecular weight excluding hydrogens is 252 g/mol. The van der Waals surface area contributed by atoms with Crippen LogP contribution in [0.2, 0.25) is 0 Å². The first kappa shape index (κ1) is 13.0. The number of nitrogens with zero attached hydrogens (tertiary/aromatic N) is 1. The number of nitrogens with one attached hydrogen (secondary N) is 1. The van der Waals surface area contributed by atoms with Gasteiger partial charge in [-0.2, -0.15) is 4.37 Å². The van der Waals surface area contributed by atoms with Crippen LogP contribution in [0.5, 0.6) is 0 Å². The molecule has 1 heterocycles. The molecule has 0 aromatic carbocycles. The van der Waals surface area contributed by atoms with Crippen molar-refractivity contribution in [3.63, 3.8) is 0 Å². The standard InChI is InChI=1S/C12H16N2O3S/c1-12(11(16)17)5-2-3-8(7-12)13-10(15)9-4-6-18-14-9/h4,6,8H,2-3,5,7H2,1H3,(H,13,15)(H,16,17). The maximum absolute atomic E-state index is 11.8. The minimum absolute atomic E-state index is 0.0750. The normalized spacial score (nSPS) is 27.7. The van der Waals surface area contributed by atoms with Crippen LogP contribution in [0.3, 0.4) is 0 Å². The third-order valence-electron chi connectivity index (χ3n) is 3.50. The zero-order valence-electron chi connectivity index (χ0n) is 10.2. The summed E-state index contributed by atoms with van der Waals surface area (Å²) in [6, 6.07) is 1.59. The summed E-state index contributed by atoms with van der Waals surface area (Å²) in [4.78, 5) is 23.1. The molecule has 0 radical (unpaired) electrons. The summed E-state index contributed by atoms with van der Waals surface area (Å²) in [6.07, 6.45) is 2.81. The topological polar surface area (TPSA) is 79.3 Å². The first-order valence-corrected chi connectivity index (χ1v) is 6.79. The molecule has 2 atom stereocenters. The third-order valence-corrected chi connectivity index (χ3v) is 4.06. The van der Waals surface area contributed by atoms with Gasteiger partial charge in [0.2, 0.25) is 0 Å². The van der Waals surface area contributed by atoms with Gasteiger partial charge in [-0.1, -0.05) is 6.42 Å². The van der Waals surface area contributed by atoms with E-state index in [2.05, 4.69) is 9.69 Å². The Labute approximate surface area is 109 Å². The Morgan fingerprint density at radius 2 is 2.39 bits per heavy atom. The summed E-state index contributed by atoms with van der Waals surface area (Å²) in [5, 5.41) is 13.8. The molecule has 1 fully saturated rings. The fourth-order valence-electron chi connectivity index (χ4n) is 2.39. The zero-order chi connectivity index (χ0) is 13.2. The van der Waals surface area contributed by atoms with Crippen LogP contribution in [-0.2, 0) is 4.79 Å². The first-order chi connectivity index (χ1) is 8.51. The molecule has 1 aromatic rings. The van der Waals surface area contributed by atoms with Crippen molar-refractivity contribution in [2.24, 2.45) is 5.41 Å². The monoisotopic (exact) mass is 268 g/mol. The third kappa shape index (κ3) is 2.69. The summed E-state index contributed by atoms with van der Waals surface area (Å²) in [5.41, 5.74) is -0.319. The lowest BCUT2D eigenvalue weighted by atomic mass is 9.73. The van der Waals surface area contributed by atoms with Gasteiger partial charge in [-0.25, -0.2) is 0 Å². The van der Waals surface area contributed by atoms with E-state index >= 15 is 0 Å². The van der Waals surface area contributed by atoms with E-state index in [1.165, 1.54) is 11.5 Å². The van der Waals surface area contributed by atoms with E-state index < -0.39 is 11.4 Å². The largest absolute Gasteiger partial charge is 0.481 e. The molecule has 18 heavy (non-hydrogen) atoms. The smallest absolute Gasteiger partial charge is 0.309 e. The average Bonchev–Trinajstić information content (AvgIpc) is 2.82. The van der Waals surface area contributed by atoms with Crippen LogP contribution >= 0.6 is 11.5 Å². The molecule has 1 aliphatic carbocycles. The lowest BCUT2D eigenvalue weighted by Crippen LogP contribution is -2.44. The van der Waals surface area contributed by atoms with E-state index in [-0.39, 0.29) is 11.9 Å². The van der Waals surface area contributed by atoms with Gasteiger partial charge in [0.1, 0.15) is 5.69 Å². The highest BCUT2D eigenvalue weighted by molar-refractivity contribution is 7.03. The lowest BCUT2D eigenvalue weighted by Gasteiger charge is -2.34. The summed E-state index contributed by atoms with van der Waals surface area (Å²) >= 11 is 1.23. The minimum atomic E-state index is -0.782. The molecule has 98 valence electrons. The summed E-state index contributed by atoms with van der Waals surface area (Å²) in [6.45, 7) is 1.75. The molecule has 5 nitrogen and oxygen atoms in total. The first-order valence-electron chi connectivity index (χ1n) is 5.96. The SMILES string of the molecule is CC1(C(=O)O)CCCC(NC(=O)c2ccsn2)C1. The predicted molar refractivity (Wildman–Crippen MR) is 67.6 cm³/mol. The van der Waals surface area contributed by atoms with E-state index in [4.69, 9.17) is 0 Å². The van der Waals surface area contributed by atoms with Crippen LogP contribution in [0, 0.1) is 5.41 Å². The van der Waals surface area contributed by atoms with E-state index in [9.17, 15) is 14.7 Å². The number of carbonyl (C=O) groups excluding carboxylic acids is 1. The number of aromatic nitrogens is 1. The lowest BCUT2D eigenvalue weighted by molar-refractivity contribution is -0.150. The van der Waals surface area contributed by atoms with Gasteiger partial charge in [-0.05, 0) is 43.8 Å². The van der Waals surface area contributed by atoms with Crippen LogP contribution in [0.1, 0.15) is 43.1 Å². The highest BCUT2D eigenvalue weighted by Gasteiger charge is 2.39. The second kappa shape index (κ2) is 5.06. The molecular formula is C12H16N2O3S. The quantitative estimate of drug-likeness (QED) is 0.877. The average molecular weight is 268 g/mol. The Hall–Kier alpha value is -1.43. The number of amides is 1. The van der Waals surface area contributed by atoms with Crippen molar-refractivity contribution in [1.82, 2.24) is 9.69 Å². The van der Waals surface area contributed by atoms with Crippen LogP contribution < -0.4 is 5.32 Å². The van der Waals surface area contributed by atoms with Crippen LogP contribution in [0.25, 0.3) is 0 Å². The van der Waals surface area contributed by atoms with Gasteiger partial charge < -0.3 is 10.4 Å². The van der Waals surface area contributed by atoms with E-state index in [1.807, 2.05) is 0 Å². The van der Waals surface area contributed by atoms with Crippen LogP contribution in [0.15, 0.2) is 11.4 Å². The van der Waals surface area contributed by atoms with Crippen molar-refractivity contribution >= 4 is 23.4 Å². The molecule has 2 rings (SSSR count). The fraction of sp³-hybridized carbons (Fsp3) is 0.583. The Morgan fingerprint density at radius 1 is 1.61 bits per heavy atom. The van der Waals surface area contributed by atoms with Gasteiger partial charge in [0.05, 0.1) is 5.41 Å². The Bertz CT molecular complexity index is 446. The van der Waals surface area contributed by atoms with Crippen molar-refractivity contribution in [1.29, 1.82) is 0 Å². The van der Waals surface area contributed by atoms with E-state index in [1.54, 1.807) is 18.4 Å². The molecule has 0 saturated heterocycles. The number of aliphatic carboxylic acids is 1. The van der Waals surface area contributed by atoms with Crippen molar-refractivity contribution in [2.45, 2.75) is 38.6 Å². The van der Waals surface area contributed by atoms with Crippen molar-refractivity contribution in [3.05, 3.63) is 17.1 Å². The van der Waals surface area contributed by atoms with Crippen molar-refractivity contribution in [3.8, 4) is 0 Å². The second-order valence-corrected chi connectivity index (χ2v) is 5.68. The van der Waals surface area contributed by atoms with Gasteiger partial charge in [-0.15, -0.1) is 0 Å². The molecule has 0 bridgehead atoms. The minimum Gasteiger partial charge on any atom is -0.481 e. The molecule has 0 aliphatic heterocycles. The fourth-order valence-corrected chi connectivity index (χ4v) is 2.90. The number of hydrogen-bond acceptors (Lipinski definition) is 4. The molecule has 1 saturated carbocycles. The molecule has 2 N–H and O–H groups in total. The van der Waals surface area contributed by atoms with Gasteiger partial charge >= 0.3 is 5.97 Å². The summed E-state index contributed by atoms with van der Waals surface area (Å²) < 4.78 is 3.97. The zero-order valence-corrected chi connectivity index (χ0v) is 11.0. The molecule has 0 spiro atoms. The molecule has 1 aliphatic rings. The molecule has 1 amide bonds. The highest BCUT2D eigenvalue weighted by Crippen LogP contribution is 2.36. The van der Waals surface area contributed by atoms with E-state index in [0.717, 1.165) is 12.8 Å². The van der Waals surface area contributed by atoms with Gasteiger partial charge in [0, 0.05) is 11.4 Å². The second-order valence-electron chi connectivity index (χ2n) is 5.02. The van der Waals surface area contributed by atoms with Gasteiger partial charge in [0.25, 0.3) is 5.91 Å². The van der Waals surface area contributed by atoms with Crippen molar-refractivity contribution in [2.75, 3.05) is 0 Å². The molecule has 6 heteroatoms. The van der Waals surface area contributed by atoms with Crippen LogP contribution in [0.4, 0.5) is 0 Å². The number of hydrogen-bond donors (Lipinski definition) is 2. The predicted octanol–water partition coefficient (Wildman–Crippen LogP) is 1.91. The number of carboxylic acid groups (broad SMARTS) is 1. The Morgan fingerprint density at radius 3 is 3.00 bits per heavy atom. The highest BCUT2D eigenvalue weighted by atomic mass is 32.1. The number of carboxylic acids is 1. The summed E-state index contributed by atoms with van der Waals surface area (Å²) in [7, 11) is 0.